The molecule has 5 heteroatoms. The third-order valence-electron chi connectivity index (χ3n) is 7.29. The molecule has 2 atom stereocenters. The SMILES string of the molecule is NC1=N[C@](CCC2CCCCC2)(CC2CCCCC2)C(O)N1CCCCO. The molecule has 156 valence electrons. The van der Waals surface area contributed by atoms with Crippen molar-refractivity contribution in [1.82, 2.24) is 4.90 Å². The Bertz CT molecular complexity index is 472. The summed E-state index contributed by atoms with van der Waals surface area (Å²) in [6.45, 7) is 0.878. The predicted octanol–water partition coefficient (Wildman–Crippen LogP) is 3.78. The first-order valence-corrected chi connectivity index (χ1v) is 11.6. The first-order chi connectivity index (χ1) is 13.1. The van der Waals surface area contributed by atoms with Crippen molar-refractivity contribution in [3.05, 3.63) is 0 Å². The summed E-state index contributed by atoms with van der Waals surface area (Å²) in [5, 5.41) is 20.4. The smallest absolute Gasteiger partial charge is 0.194 e. The minimum Gasteiger partial charge on any atom is -0.396 e. The van der Waals surface area contributed by atoms with Gasteiger partial charge in [-0.25, -0.2) is 4.99 Å². The normalized spacial score (nSPS) is 30.7. The van der Waals surface area contributed by atoms with E-state index in [1.54, 1.807) is 0 Å². The first kappa shape index (κ1) is 20.9. The van der Waals surface area contributed by atoms with Crippen LogP contribution in [0.3, 0.4) is 0 Å². The minimum atomic E-state index is -0.596. The van der Waals surface area contributed by atoms with E-state index in [0.717, 1.165) is 31.6 Å². The third-order valence-corrected chi connectivity index (χ3v) is 7.29. The van der Waals surface area contributed by atoms with Gasteiger partial charge in [0.2, 0.25) is 0 Å². The molecular formula is C22H41N3O2. The van der Waals surface area contributed by atoms with Gasteiger partial charge in [-0.15, -0.1) is 0 Å². The second-order valence-corrected chi connectivity index (χ2v) is 9.32. The molecule has 0 spiro atoms. The van der Waals surface area contributed by atoms with Crippen LogP contribution in [-0.4, -0.2) is 46.0 Å². The molecule has 0 aromatic carbocycles. The second kappa shape index (κ2) is 10.1. The predicted molar refractivity (Wildman–Crippen MR) is 110 cm³/mol. The van der Waals surface area contributed by atoms with Gasteiger partial charge in [-0.2, -0.15) is 0 Å². The van der Waals surface area contributed by atoms with Gasteiger partial charge >= 0.3 is 0 Å². The van der Waals surface area contributed by atoms with Gasteiger partial charge in [0.1, 0.15) is 5.54 Å². The Balaban J connectivity index is 1.68. The van der Waals surface area contributed by atoms with Crippen LogP contribution in [0.4, 0.5) is 0 Å². The molecule has 4 N–H and O–H groups in total. The monoisotopic (exact) mass is 379 g/mol. The van der Waals surface area contributed by atoms with Gasteiger partial charge in [0.05, 0.1) is 0 Å². The number of nitrogens with two attached hydrogens (primary N) is 1. The van der Waals surface area contributed by atoms with Crippen molar-refractivity contribution in [1.29, 1.82) is 0 Å². The summed E-state index contributed by atoms with van der Waals surface area (Å²) in [4.78, 5) is 6.85. The quantitative estimate of drug-likeness (QED) is 0.533. The van der Waals surface area contributed by atoms with E-state index in [9.17, 15) is 5.11 Å². The van der Waals surface area contributed by atoms with E-state index >= 15 is 0 Å². The van der Waals surface area contributed by atoms with Crippen LogP contribution in [0.15, 0.2) is 4.99 Å². The van der Waals surface area contributed by atoms with Crippen molar-refractivity contribution in [3.63, 3.8) is 0 Å². The van der Waals surface area contributed by atoms with Crippen LogP contribution in [0, 0.1) is 11.8 Å². The number of guanidine groups is 1. The molecule has 27 heavy (non-hydrogen) atoms. The second-order valence-electron chi connectivity index (χ2n) is 9.32. The lowest BCUT2D eigenvalue weighted by Gasteiger charge is -2.38. The van der Waals surface area contributed by atoms with Crippen LogP contribution in [0.1, 0.15) is 96.3 Å². The van der Waals surface area contributed by atoms with E-state index in [2.05, 4.69) is 0 Å². The van der Waals surface area contributed by atoms with E-state index in [0.29, 0.717) is 18.4 Å². The largest absolute Gasteiger partial charge is 0.396 e. The number of aliphatic hydroxyl groups is 2. The zero-order valence-corrected chi connectivity index (χ0v) is 17.1. The topological polar surface area (TPSA) is 82.1 Å². The zero-order valence-electron chi connectivity index (χ0n) is 17.1. The van der Waals surface area contributed by atoms with Gasteiger partial charge in [-0.05, 0) is 43.9 Å². The first-order valence-electron chi connectivity index (χ1n) is 11.6. The molecule has 2 saturated carbocycles. The molecule has 3 aliphatic rings. The Kier molecular flexibility index (Phi) is 7.83. The lowest BCUT2D eigenvalue weighted by atomic mass is 9.74. The molecule has 5 nitrogen and oxygen atoms in total. The van der Waals surface area contributed by atoms with Crippen LogP contribution in [0.5, 0.6) is 0 Å². The molecule has 1 aliphatic heterocycles. The van der Waals surface area contributed by atoms with Gasteiger partial charge in [0.25, 0.3) is 0 Å². The van der Waals surface area contributed by atoms with Crippen molar-refractivity contribution in [3.8, 4) is 0 Å². The van der Waals surface area contributed by atoms with Gasteiger partial charge in [-0.1, -0.05) is 64.2 Å². The molecule has 0 aromatic rings. The van der Waals surface area contributed by atoms with Crippen molar-refractivity contribution >= 4 is 5.96 Å². The van der Waals surface area contributed by atoms with Gasteiger partial charge in [-0.3, -0.25) is 0 Å². The van der Waals surface area contributed by atoms with E-state index < -0.39 is 11.8 Å². The van der Waals surface area contributed by atoms with Crippen molar-refractivity contribution in [2.75, 3.05) is 13.2 Å². The van der Waals surface area contributed by atoms with Gasteiger partial charge in [0, 0.05) is 13.2 Å². The van der Waals surface area contributed by atoms with E-state index in [1.165, 1.54) is 70.6 Å². The molecule has 3 rings (SSSR count). The van der Waals surface area contributed by atoms with E-state index in [1.807, 2.05) is 4.90 Å². The molecular weight excluding hydrogens is 338 g/mol. The Morgan fingerprint density at radius 1 is 0.963 bits per heavy atom. The molecule has 0 bridgehead atoms. The number of hydrogen-bond donors (Lipinski definition) is 3. The van der Waals surface area contributed by atoms with Crippen molar-refractivity contribution in [2.45, 2.75) is 108 Å². The summed E-state index contributed by atoms with van der Waals surface area (Å²) >= 11 is 0. The fourth-order valence-electron chi connectivity index (χ4n) is 5.66. The summed E-state index contributed by atoms with van der Waals surface area (Å²) in [5.41, 5.74) is 5.88. The highest BCUT2D eigenvalue weighted by atomic mass is 16.3. The fourth-order valence-corrected chi connectivity index (χ4v) is 5.66. The zero-order chi connectivity index (χ0) is 19.1. The summed E-state index contributed by atoms with van der Waals surface area (Å²) in [6.07, 6.45) is 17.4. The summed E-state index contributed by atoms with van der Waals surface area (Å²) in [5.74, 6) is 1.99. The Morgan fingerprint density at radius 3 is 2.22 bits per heavy atom. The van der Waals surface area contributed by atoms with Crippen molar-refractivity contribution < 1.29 is 10.2 Å². The van der Waals surface area contributed by atoms with E-state index in [-0.39, 0.29) is 6.61 Å². The Morgan fingerprint density at radius 2 is 1.59 bits per heavy atom. The summed E-state index contributed by atoms with van der Waals surface area (Å²) in [6, 6.07) is 0. The maximum absolute atomic E-state index is 11.3. The maximum atomic E-state index is 11.3. The number of aliphatic hydroxyl groups excluding tert-OH is 2. The summed E-state index contributed by atoms with van der Waals surface area (Å²) in [7, 11) is 0. The average molecular weight is 380 g/mol. The molecule has 0 radical (unpaired) electrons. The fraction of sp³-hybridized carbons (Fsp3) is 0.955. The van der Waals surface area contributed by atoms with Crippen LogP contribution in [-0.2, 0) is 0 Å². The lowest BCUT2D eigenvalue weighted by Crippen LogP contribution is -2.49. The Hall–Kier alpha value is -0.810. The van der Waals surface area contributed by atoms with Crippen molar-refractivity contribution in [2.24, 2.45) is 22.6 Å². The highest BCUT2D eigenvalue weighted by Crippen LogP contribution is 2.42. The number of rotatable bonds is 9. The Labute approximate surface area is 165 Å². The molecule has 1 heterocycles. The summed E-state index contributed by atoms with van der Waals surface area (Å²) < 4.78 is 0. The number of nitrogens with zero attached hydrogens (tertiary/aromatic N) is 2. The van der Waals surface area contributed by atoms with Gasteiger partial charge < -0.3 is 20.8 Å². The van der Waals surface area contributed by atoms with Crippen LogP contribution < -0.4 is 5.73 Å². The average Bonchev–Trinajstić information content (AvgIpc) is 2.92. The van der Waals surface area contributed by atoms with Crippen LogP contribution in [0.25, 0.3) is 0 Å². The molecule has 0 amide bonds. The number of unbranched alkanes of at least 4 members (excludes halogenated alkanes) is 1. The molecule has 2 aliphatic carbocycles. The number of aliphatic imine (C=N–C) groups is 1. The molecule has 1 unspecified atom stereocenters. The van der Waals surface area contributed by atoms with Gasteiger partial charge in [0.15, 0.2) is 12.2 Å². The highest BCUT2D eigenvalue weighted by Gasteiger charge is 2.48. The highest BCUT2D eigenvalue weighted by molar-refractivity contribution is 5.81. The van der Waals surface area contributed by atoms with E-state index in [4.69, 9.17) is 15.8 Å². The molecule has 0 saturated heterocycles. The van der Waals surface area contributed by atoms with Crippen LogP contribution in [0.2, 0.25) is 0 Å². The standard InChI is InChI=1S/C22H41N3O2/c23-21-24-22(17-19-11-5-2-6-12-19,14-13-18-9-3-1-4-10-18)20(27)25(21)15-7-8-16-26/h18-20,26-27H,1-17H2,(H2,23,24)/t20?,22-/m1/s1. The third kappa shape index (κ3) is 5.38. The lowest BCUT2D eigenvalue weighted by molar-refractivity contribution is -0.0144. The minimum absolute atomic E-state index is 0.190. The number of hydrogen-bond acceptors (Lipinski definition) is 5. The molecule has 2 fully saturated rings. The maximum Gasteiger partial charge on any atom is 0.194 e. The van der Waals surface area contributed by atoms with Crippen LogP contribution >= 0.6 is 0 Å². The molecule has 0 aromatic heterocycles.